The van der Waals surface area contributed by atoms with E-state index in [0.717, 1.165) is 19.0 Å². The zero-order valence-electron chi connectivity index (χ0n) is 9.63. The van der Waals surface area contributed by atoms with Crippen LogP contribution >= 0.6 is 0 Å². The fraction of sp³-hybridized carbons (Fsp3) is 0.417. The minimum Gasteiger partial charge on any atom is -0.339 e. The van der Waals surface area contributed by atoms with E-state index < -0.39 is 0 Å². The van der Waals surface area contributed by atoms with E-state index in [-0.39, 0.29) is 5.92 Å². The third-order valence-corrected chi connectivity index (χ3v) is 3.21. The highest BCUT2D eigenvalue weighted by atomic mass is 16.5. The monoisotopic (exact) mass is 230 g/mol. The van der Waals surface area contributed by atoms with Crippen molar-refractivity contribution in [2.24, 2.45) is 0 Å². The second kappa shape index (κ2) is 4.25. The van der Waals surface area contributed by atoms with Crippen LogP contribution in [0.5, 0.6) is 0 Å². The Morgan fingerprint density at radius 1 is 1.24 bits per heavy atom. The van der Waals surface area contributed by atoms with Gasteiger partial charge in [-0.25, -0.2) is 0 Å². The number of hydrogen-bond donors (Lipinski definition) is 1. The smallest absolute Gasteiger partial charge is 0.231 e. The van der Waals surface area contributed by atoms with E-state index in [4.69, 9.17) is 4.52 Å². The quantitative estimate of drug-likeness (QED) is 0.841. The molecule has 0 radical (unpaired) electrons. The zero-order chi connectivity index (χ0) is 11.7. The molecule has 0 spiro atoms. The van der Waals surface area contributed by atoms with Gasteiger partial charge in [-0.1, -0.05) is 5.16 Å². The van der Waals surface area contributed by atoms with Gasteiger partial charge in [-0.2, -0.15) is 4.98 Å². The van der Waals surface area contributed by atoms with Gasteiger partial charge in [0.15, 0.2) is 5.82 Å². The molecule has 1 saturated heterocycles. The van der Waals surface area contributed by atoms with Crippen molar-refractivity contribution in [3.63, 3.8) is 0 Å². The summed E-state index contributed by atoms with van der Waals surface area (Å²) >= 11 is 0. The molecule has 0 bridgehead atoms. The molecule has 0 aliphatic carbocycles. The summed E-state index contributed by atoms with van der Waals surface area (Å²) in [5.74, 6) is 2.08. The van der Waals surface area contributed by atoms with Crippen LogP contribution in [-0.2, 0) is 0 Å². The SMILES string of the molecule is Cc1noc([C@H]2CNC[C@H]2c2ccncc2)n1. The van der Waals surface area contributed by atoms with Gasteiger partial charge < -0.3 is 9.84 Å². The fourth-order valence-electron chi connectivity index (χ4n) is 2.36. The number of nitrogens with zero attached hydrogens (tertiary/aromatic N) is 3. The summed E-state index contributed by atoms with van der Waals surface area (Å²) in [5, 5.41) is 7.24. The van der Waals surface area contributed by atoms with Crippen LogP contribution in [0.25, 0.3) is 0 Å². The lowest BCUT2D eigenvalue weighted by Crippen LogP contribution is -2.09. The van der Waals surface area contributed by atoms with Crippen LogP contribution in [-0.4, -0.2) is 28.2 Å². The van der Waals surface area contributed by atoms with E-state index >= 15 is 0 Å². The molecule has 1 N–H and O–H groups in total. The number of aromatic nitrogens is 3. The van der Waals surface area contributed by atoms with Crippen LogP contribution in [0.2, 0.25) is 0 Å². The van der Waals surface area contributed by atoms with Gasteiger partial charge >= 0.3 is 0 Å². The Morgan fingerprint density at radius 2 is 2.00 bits per heavy atom. The van der Waals surface area contributed by atoms with Gasteiger partial charge in [-0.05, 0) is 24.6 Å². The van der Waals surface area contributed by atoms with E-state index in [0.29, 0.717) is 11.7 Å². The molecule has 0 unspecified atom stereocenters. The van der Waals surface area contributed by atoms with Gasteiger partial charge in [0, 0.05) is 31.4 Å². The highest BCUT2D eigenvalue weighted by Crippen LogP contribution is 2.34. The second-order valence-corrected chi connectivity index (χ2v) is 4.33. The van der Waals surface area contributed by atoms with Crippen LogP contribution in [0.3, 0.4) is 0 Å². The Hall–Kier alpha value is -1.75. The van der Waals surface area contributed by atoms with Crippen molar-refractivity contribution >= 4 is 0 Å². The first-order valence-electron chi connectivity index (χ1n) is 5.75. The summed E-state index contributed by atoms with van der Waals surface area (Å²) in [6, 6.07) is 4.10. The lowest BCUT2D eigenvalue weighted by Gasteiger charge is -2.14. The normalized spacial score (nSPS) is 24.1. The van der Waals surface area contributed by atoms with Crippen molar-refractivity contribution in [1.82, 2.24) is 20.4 Å². The Kier molecular flexibility index (Phi) is 2.60. The molecule has 17 heavy (non-hydrogen) atoms. The second-order valence-electron chi connectivity index (χ2n) is 4.33. The maximum absolute atomic E-state index is 5.28. The molecule has 88 valence electrons. The third-order valence-electron chi connectivity index (χ3n) is 3.21. The van der Waals surface area contributed by atoms with Gasteiger partial charge in [0.1, 0.15) is 0 Å². The number of rotatable bonds is 2. The summed E-state index contributed by atoms with van der Waals surface area (Å²) in [5.41, 5.74) is 1.27. The number of nitrogens with one attached hydrogen (secondary N) is 1. The van der Waals surface area contributed by atoms with Crippen molar-refractivity contribution in [1.29, 1.82) is 0 Å². The van der Waals surface area contributed by atoms with Crippen LogP contribution in [0, 0.1) is 6.92 Å². The van der Waals surface area contributed by atoms with E-state index in [9.17, 15) is 0 Å². The molecule has 3 heterocycles. The highest BCUT2D eigenvalue weighted by Gasteiger charge is 2.33. The summed E-state index contributed by atoms with van der Waals surface area (Å²) in [7, 11) is 0. The Balaban J connectivity index is 1.90. The number of hydrogen-bond acceptors (Lipinski definition) is 5. The van der Waals surface area contributed by atoms with E-state index in [1.54, 1.807) is 0 Å². The Bertz CT molecular complexity index is 496. The number of pyridine rings is 1. The first kappa shape index (κ1) is 10.4. The van der Waals surface area contributed by atoms with E-state index in [1.165, 1.54) is 5.56 Å². The summed E-state index contributed by atoms with van der Waals surface area (Å²) < 4.78 is 5.28. The summed E-state index contributed by atoms with van der Waals surface area (Å²) in [4.78, 5) is 8.38. The average Bonchev–Trinajstić information content (AvgIpc) is 2.98. The molecule has 2 aromatic heterocycles. The molecule has 5 nitrogen and oxygen atoms in total. The molecule has 1 fully saturated rings. The standard InChI is InChI=1S/C12H14N4O/c1-8-15-12(17-16-8)11-7-14-6-10(11)9-2-4-13-5-3-9/h2-5,10-11,14H,6-7H2,1H3/t10-,11-/m0/s1. The minimum atomic E-state index is 0.263. The predicted octanol–water partition coefficient (Wildman–Crippen LogP) is 1.24. The van der Waals surface area contributed by atoms with Gasteiger partial charge in [-0.15, -0.1) is 0 Å². The van der Waals surface area contributed by atoms with Crippen molar-refractivity contribution < 1.29 is 4.52 Å². The first-order chi connectivity index (χ1) is 8.34. The van der Waals surface area contributed by atoms with E-state index in [2.05, 4.69) is 20.4 Å². The molecule has 2 aromatic rings. The van der Waals surface area contributed by atoms with Crippen molar-refractivity contribution in [3.8, 4) is 0 Å². The third kappa shape index (κ3) is 1.93. The molecule has 2 atom stereocenters. The summed E-state index contributed by atoms with van der Waals surface area (Å²) in [6.45, 7) is 3.67. The van der Waals surface area contributed by atoms with Crippen LogP contribution in [0.4, 0.5) is 0 Å². The summed E-state index contributed by atoms with van der Waals surface area (Å²) in [6.07, 6.45) is 3.65. The van der Waals surface area contributed by atoms with Crippen molar-refractivity contribution in [2.75, 3.05) is 13.1 Å². The van der Waals surface area contributed by atoms with Crippen LogP contribution in [0.1, 0.15) is 29.1 Å². The lowest BCUT2D eigenvalue weighted by molar-refractivity contribution is 0.348. The number of aryl methyl sites for hydroxylation is 1. The first-order valence-corrected chi connectivity index (χ1v) is 5.75. The molecule has 1 aliphatic rings. The molecule has 0 amide bonds. The van der Waals surface area contributed by atoms with Crippen molar-refractivity contribution in [2.45, 2.75) is 18.8 Å². The van der Waals surface area contributed by atoms with Gasteiger partial charge in [0.2, 0.25) is 5.89 Å². The van der Waals surface area contributed by atoms with Gasteiger partial charge in [0.05, 0.1) is 5.92 Å². The molecular weight excluding hydrogens is 216 g/mol. The fourth-order valence-corrected chi connectivity index (χ4v) is 2.36. The Labute approximate surface area is 99.3 Å². The minimum absolute atomic E-state index is 0.263. The molecular formula is C12H14N4O. The highest BCUT2D eigenvalue weighted by molar-refractivity contribution is 5.23. The Morgan fingerprint density at radius 3 is 2.71 bits per heavy atom. The van der Waals surface area contributed by atoms with Crippen LogP contribution in [0.15, 0.2) is 29.0 Å². The predicted molar refractivity (Wildman–Crippen MR) is 61.6 cm³/mol. The molecule has 0 saturated carbocycles. The average molecular weight is 230 g/mol. The lowest BCUT2D eigenvalue weighted by atomic mass is 9.89. The zero-order valence-corrected chi connectivity index (χ0v) is 9.63. The van der Waals surface area contributed by atoms with Crippen molar-refractivity contribution in [3.05, 3.63) is 41.8 Å². The molecule has 5 heteroatoms. The largest absolute Gasteiger partial charge is 0.339 e. The molecule has 3 rings (SSSR count). The van der Waals surface area contributed by atoms with E-state index in [1.807, 2.05) is 31.5 Å². The maximum atomic E-state index is 5.28. The van der Waals surface area contributed by atoms with Gasteiger partial charge in [0.25, 0.3) is 0 Å². The molecule has 0 aromatic carbocycles. The van der Waals surface area contributed by atoms with Gasteiger partial charge in [-0.3, -0.25) is 4.98 Å². The molecule has 1 aliphatic heterocycles. The maximum Gasteiger partial charge on any atom is 0.231 e. The van der Waals surface area contributed by atoms with Crippen LogP contribution < -0.4 is 5.32 Å². The topological polar surface area (TPSA) is 63.8 Å².